The van der Waals surface area contributed by atoms with Crippen LogP contribution in [0.4, 0.5) is 4.79 Å². The summed E-state index contributed by atoms with van der Waals surface area (Å²) in [6.07, 6.45) is -0.693. The van der Waals surface area contributed by atoms with E-state index < -0.39 is 34.8 Å². The Morgan fingerprint density at radius 1 is 1.13 bits per heavy atom. The number of fused-ring (bicyclic) bond motifs is 1. The van der Waals surface area contributed by atoms with Crippen LogP contribution in [-0.2, 0) is 19.7 Å². The maximum Gasteiger partial charge on any atom is 0.411 e. The number of hydrogen-bond acceptors (Lipinski definition) is 6. The van der Waals surface area contributed by atoms with Gasteiger partial charge >= 0.3 is 12.1 Å². The molecule has 0 bridgehead atoms. The van der Waals surface area contributed by atoms with Crippen LogP contribution in [0.5, 0.6) is 0 Å². The molecule has 1 saturated heterocycles. The van der Waals surface area contributed by atoms with E-state index >= 15 is 0 Å². The first-order valence-electron chi connectivity index (χ1n) is 10.2. The van der Waals surface area contributed by atoms with Gasteiger partial charge in [-0.3, -0.25) is 9.69 Å². The molecule has 164 valence electrons. The zero-order valence-electron chi connectivity index (χ0n) is 18.6. The minimum absolute atomic E-state index is 0.182. The highest BCUT2D eigenvalue weighted by atomic mass is 16.6. The number of aromatic amines is 1. The lowest BCUT2D eigenvalue weighted by molar-refractivity contribution is -0.165. The van der Waals surface area contributed by atoms with E-state index in [0.29, 0.717) is 12.2 Å². The third-order valence-corrected chi connectivity index (χ3v) is 5.00. The van der Waals surface area contributed by atoms with Crippen molar-refractivity contribution in [2.24, 2.45) is 5.73 Å². The Kier molecular flexibility index (Phi) is 5.58. The number of H-pyrrole nitrogens is 1. The van der Waals surface area contributed by atoms with Gasteiger partial charge in [0.25, 0.3) is 0 Å². The van der Waals surface area contributed by atoms with E-state index in [4.69, 9.17) is 15.2 Å². The van der Waals surface area contributed by atoms with E-state index in [2.05, 4.69) is 9.97 Å². The summed E-state index contributed by atoms with van der Waals surface area (Å²) in [4.78, 5) is 35.4. The number of para-hydroxylation sites is 2. The molecule has 3 rings (SSSR count). The van der Waals surface area contributed by atoms with Gasteiger partial charge in [0.2, 0.25) is 0 Å². The van der Waals surface area contributed by atoms with Gasteiger partial charge in [0.05, 0.1) is 17.2 Å². The topological polar surface area (TPSA) is 111 Å². The predicted octanol–water partition coefficient (Wildman–Crippen LogP) is 3.46. The summed E-state index contributed by atoms with van der Waals surface area (Å²) >= 11 is 0. The summed E-state index contributed by atoms with van der Waals surface area (Å²) < 4.78 is 11.2. The van der Waals surface area contributed by atoms with E-state index in [9.17, 15) is 9.59 Å². The van der Waals surface area contributed by atoms with Crippen molar-refractivity contribution in [3.8, 4) is 0 Å². The van der Waals surface area contributed by atoms with Crippen LogP contribution in [0.25, 0.3) is 11.0 Å². The number of rotatable bonds is 2. The first-order valence-corrected chi connectivity index (χ1v) is 10.2. The minimum Gasteiger partial charge on any atom is -0.459 e. The second-order valence-corrected chi connectivity index (χ2v) is 9.88. The van der Waals surface area contributed by atoms with Crippen LogP contribution in [0.1, 0.15) is 60.2 Å². The minimum atomic E-state index is -1.08. The van der Waals surface area contributed by atoms with Gasteiger partial charge in [-0.15, -0.1) is 0 Å². The average Bonchev–Trinajstić information content (AvgIpc) is 3.03. The number of nitrogens with zero attached hydrogens (tertiary/aromatic N) is 2. The molecule has 8 nitrogen and oxygen atoms in total. The molecular weight excluding hydrogens is 384 g/mol. The van der Waals surface area contributed by atoms with Gasteiger partial charge in [-0.1, -0.05) is 12.1 Å². The van der Waals surface area contributed by atoms with Crippen molar-refractivity contribution in [1.29, 1.82) is 0 Å². The maximum atomic E-state index is 13.4. The number of likely N-dealkylation sites (tertiary alicyclic amines) is 1. The Bertz CT molecular complexity index is 907. The molecule has 1 aliphatic rings. The van der Waals surface area contributed by atoms with E-state index in [0.717, 1.165) is 11.0 Å². The molecule has 2 heterocycles. The monoisotopic (exact) mass is 416 g/mol. The Balaban J connectivity index is 1.96. The summed E-state index contributed by atoms with van der Waals surface area (Å²) in [7, 11) is 0. The Morgan fingerprint density at radius 2 is 1.77 bits per heavy atom. The lowest BCUT2D eigenvalue weighted by Crippen LogP contribution is -2.59. The van der Waals surface area contributed by atoms with Gasteiger partial charge in [-0.25, -0.2) is 9.78 Å². The van der Waals surface area contributed by atoms with Gasteiger partial charge in [-0.2, -0.15) is 0 Å². The van der Waals surface area contributed by atoms with Crippen molar-refractivity contribution in [2.75, 3.05) is 6.54 Å². The number of carbonyl (C=O) groups is 2. The van der Waals surface area contributed by atoms with Crippen molar-refractivity contribution in [3.05, 3.63) is 30.1 Å². The smallest absolute Gasteiger partial charge is 0.411 e. The average molecular weight is 417 g/mol. The highest BCUT2D eigenvalue weighted by molar-refractivity contribution is 5.85. The third kappa shape index (κ3) is 4.59. The van der Waals surface area contributed by atoms with Crippen LogP contribution in [0.15, 0.2) is 24.3 Å². The molecule has 2 unspecified atom stereocenters. The lowest BCUT2D eigenvalue weighted by atomic mass is 9.76. The second kappa shape index (κ2) is 7.58. The normalized spacial score (nSPS) is 22.8. The number of hydrogen-bond donors (Lipinski definition) is 2. The SMILES string of the molecule is CC(C)(C)OC(=O)N1CCC(C(=O)OC(C)(C)C)(c2nc3ccccc3[nH]2)CC1N. The maximum absolute atomic E-state index is 13.4. The number of ether oxygens (including phenoxy) is 2. The number of imidazole rings is 1. The van der Waals surface area contributed by atoms with Crippen LogP contribution in [-0.4, -0.2) is 50.8 Å². The summed E-state index contributed by atoms with van der Waals surface area (Å²) in [5.74, 6) is 0.116. The molecule has 1 fully saturated rings. The van der Waals surface area contributed by atoms with Gasteiger partial charge in [0, 0.05) is 13.0 Å². The van der Waals surface area contributed by atoms with Crippen LogP contribution in [0.2, 0.25) is 0 Å². The molecule has 30 heavy (non-hydrogen) atoms. The molecule has 2 aromatic rings. The molecule has 3 N–H and O–H groups in total. The standard InChI is InChI=1S/C22H32N4O4/c1-20(2,3)29-18(27)22(17-24-14-9-7-8-10-15(14)25-17)11-12-26(16(23)13-22)19(28)30-21(4,5)6/h7-10,16H,11-13,23H2,1-6H3,(H,24,25). The molecule has 1 aromatic heterocycles. The van der Waals surface area contributed by atoms with E-state index in [1.807, 2.05) is 45.0 Å². The fraction of sp³-hybridized carbons (Fsp3) is 0.591. The van der Waals surface area contributed by atoms with Crippen LogP contribution >= 0.6 is 0 Å². The molecule has 8 heteroatoms. The number of aromatic nitrogens is 2. The number of piperidine rings is 1. The van der Waals surface area contributed by atoms with Crippen molar-refractivity contribution in [1.82, 2.24) is 14.9 Å². The molecule has 0 radical (unpaired) electrons. The number of esters is 1. The number of carbonyl (C=O) groups excluding carboxylic acids is 2. The van der Waals surface area contributed by atoms with Gasteiger partial charge in [-0.05, 0) is 60.1 Å². The van der Waals surface area contributed by atoms with Crippen molar-refractivity contribution < 1.29 is 19.1 Å². The zero-order valence-corrected chi connectivity index (χ0v) is 18.6. The molecule has 0 saturated carbocycles. The van der Waals surface area contributed by atoms with Crippen molar-refractivity contribution >= 4 is 23.1 Å². The highest BCUT2D eigenvalue weighted by Crippen LogP contribution is 2.39. The molecule has 0 aliphatic carbocycles. The molecule has 2 atom stereocenters. The number of benzene rings is 1. The third-order valence-electron chi connectivity index (χ3n) is 5.00. The first kappa shape index (κ1) is 22.1. The summed E-state index contributed by atoms with van der Waals surface area (Å²) in [6, 6.07) is 7.59. The van der Waals surface area contributed by atoms with Crippen LogP contribution in [0.3, 0.4) is 0 Å². The quantitative estimate of drug-likeness (QED) is 0.726. The van der Waals surface area contributed by atoms with Crippen LogP contribution < -0.4 is 5.73 Å². The second-order valence-electron chi connectivity index (χ2n) is 9.88. The molecule has 1 amide bonds. The molecule has 1 aliphatic heterocycles. The first-order chi connectivity index (χ1) is 13.8. The molecular formula is C22H32N4O4. The van der Waals surface area contributed by atoms with Gasteiger partial charge in [0.15, 0.2) is 0 Å². The summed E-state index contributed by atoms with van der Waals surface area (Å²) in [5.41, 5.74) is 5.60. The van der Waals surface area contributed by atoms with Crippen molar-refractivity contribution in [3.63, 3.8) is 0 Å². The van der Waals surface area contributed by atoms with Crippen molar-refractivity contribution in [2.45, 2.75) is 77.2 Å². The number of nitrogens with two attached hydrogens (primary N) is 1. The molecule has 0 spiro atoms. The largest absolute Gasteiger partial charge is 0.459 e. The fourth-order valence-electron chi connectivity index (χ4n) is 3.65. The van der Waals surface area contributed by atoms with E-state index in [1.54, 1.807) is 20.8 Å². The lowest BCUT2D eigenvalue weighted by Gasteiger charge is -2.43. The zero-order chi connectivity index (χ0) is 22.3. The highest BCUT2D eigenvalue weighted by Gasteiger charge is 2.51. The summed E-state index contributed by atoms with van der Waals surface area (Å²) in [5, 5.41) is 0. The molecule has 1 aromatic carbocycles. The Hall–Kier alpha value is -2.61. The Labute approximate surface area is 177 Å². The van der Waals surface area contributed by atoms with Crippen LogP contribution in [0, 0.1) is 0 Å². The van der Waals surface area contributed by atoms with Gasteiger partial charge < -0.3 is 20.2 Å². The predicted molar refractivity (Wildman–Crippen MR) is 114 cm³/mol. The summed E-state index contributed by atoms with van der Waals surface area (Å²) in [6.45, 7) is 11.2. The van der Waals surface area contributed by atoms with E-state index in [-0.39, 0.29) is 13.0 Å². The fourth-order valence-corrected chi connectivity index (χ4v) is 3.65. The number of nitrogens with one attached hydrogen (secondary N) is 1. The van der Waals surface area contributed by atoms with Gasteiger partial charge in [0.1, 0.15) is 22.4 Å². The Morgan fingerprint density at radius 3 is 2.33 bits per heavy atom. The number of amides is 1. The van der Waals surface area contributed by atoms with E-state index in [1.165, 1.54) is 4.90 Å².